The molecule has 1 unspecified atom stereocenters. The van der Waals surface area contributed by atoms with E-state index in [0.29, 0.717) is 19.6 Å². The number of benzene rings is 1. The molecule has 1 heterocycles. The first kappa shape index (κ1) is 15.2. The van der Waals surface area contributed by atoms with E-state index in [0.717, 1.165) is 31.2 Å². The van der Waals surface area contributed by atoms with Gasteiger partial charge in [-0.15, -0.1) is 0 Å². The lowest BCUT2D eigenvalue weighted by Gasteiger charge is -2.46. The summed E-state index contributed by atoms with van der Waals surface area (Å²) >= 11 is 0. The third-order valence-electron chi connectivity index (χ3n) is 4.33. The first-order chi connectivity index (χ1) is 9.54. The molecule has 3 nitrogen and oxygen atoms in total. The minimum atomic E-state index is -0.196. The molecule has 1 fully saturated rings. The number of carbonyl (C=O) groups is 1. The van der Waals surface area contributed by atoms with Crippen LogP contribution in [0.25, 0.3) is 0 Å². The number of hydroxylamine groups is 3. The second kappa shape index (κ2) is 6.51. The van der Waals surface area contributed by atoms with E-state index < -0.39 is 0 Å². The Hall–Kier alpha value is -1.19. The summed E-state index contributed by atoms with van der Waals surface area (Å²) in [5.41, 5.74) is 1.97. The SMILES string of the molecule is CCc1ccc(C(=O)C(C)C[N+]2([O-])CCCCC2)cc1. The molecule has 3 heteroatoms. The maximum Gasteiger partial charge on any atom is 0.171 e. The lowest BCUT2D eigenvalue weighted by Crippen LogP contribution is -2.49. The van der Waals surface area contributed by atoms with Gasteiger partial charge in [0.25, 0.3) is 0 Å². The van der Waals surface area contributed by atoms with E-state index in [2.05, 4.69) is 6.92 Å². The largest absolute Gasteiger partial charge is 0.633 e. The van der Waals surface area contributed by atoms with Crippen molar-refractivity contribution < 1.29 is 9.44 Å². The number of likely N-dealkylation sites (tertiary alicyclic amines) is 1. The zero-order chi connectivity index (χ0) is 14.6. The highest BCUT2D eigenvalue weighted by Crippen LogP contribution is 2.21. The summed E-state index contributed by atoms with van der Waals surface area (Å²) in [7, 11) is 0. The van der Waals surface area contributed by atoms with Crippen LogP contribution in [0.1, 0.15) is 49.0 Å². The van der Waals surface area contributed by atoms with E-state index in [1.165, 1.54) is 5.56 Å². The molecule has 1 atom stereocenters. The van der Waals surface area contributed by atoms with Crippen LogP contribution in [-0.4, -0.2) is 30.1 Å². The molecule has 20 heavy (non-hydrogen) atoms. The second-order valence-electron chi connectivity index (χ2n) is 6.06. The van der Waals surface area contributed by atoms with Crippen molar-refractivity contribution in [3.8, 4) is 0 Å². The highest BCUT2D eigenvalue weighted by Gasteiger charge is 2.27. The summed E-state index contributed by atoms with van der Waals surface area (Å²) in [5.74, 6) is -0.0929. The van der Waals surface area contributed by atoms with Crippen molar-refractivity contribution in [3.63, 3.8) is 0 Å². The van der Waals surface area contributed by atoms with Gasteiger partial charge in [-0.3, -0.25) is 4.79 Å². The topological polar surface area (TPSA) is 40.1 Å². The summed E-state index contributed by atoms with van der Waals surface area (Å²) < 4.78 is -0.181. The van der Waals surface area contributed by atoms with Gasteiger partial charge in [0, 0.05) is 5.56 Å². The number of nitrogens with zero attached hydrogens (tertiary/aromatic N) is 1. The van der Waals surface area contributed by atoms with E-state index in [1.54, 1.807) is 0 Å². The average molecular weight is 275 g/mol. The Kier molecular flexibility index (Phi) is 4.95. The average Bonchev–Trinajstić information content (AvgIpc) is 2.47. The molecule has 0 N–H and O–H groups in total. The first-order valence-corrected chi connectivity index (χ1v) is 7.74. The van der Waals surface area contributed by atoms with Gasteiger partial charge in [0.05, 0.1) is 25.6 Å². The smallest absolute Gasteiger partial charge is 0.171 e. The maximum atomic E-state index is 12.6. The summed E-state index contributed by atoms with van der Waals surface area (Å²) in [6, 6.07) is 7.79. The van der Waals surface area contributed by atoms with Crippen LogP contribution < -0.4 is 0 Å². The number of ketones is 1. The zero-order valence-electron chi connectivity index (χ0n) is 12.6. The maximum absolute atomic E-state index is 12.6. The van der Waals surface area contributed by atoms with Crippen LogP contribution in [-0.2, 0) is 6.42 Å². The predicted molar refractivity (Wildman–Crippen MR) is 81.4 cm³/mol. The molecule has 0 amide bonds. The molecular formula is C17H25NO2. The van der Waals surface area contributed by atoms with Crippen molar-refractivity contribution in [2.45, 2.75) is 39.5 Å². The summed E-state index contributed by atoms with van der Waals surface area (Å²) in [4.78, 5) is 12.4. The summed E-state index contributed by atoms with van der Waals surface area (Å²) in [6.45, 7) is 5.76. The minimum absolute atomic E-state index is 0.103. The van der Waals surface area contributed by atoms with Crippen molar-refractivity contribution >= 4 is 5.78 Å². The third kappa shape index (κ3) is 3.68. The molecule has 0 aliphatic carbocycles. The van der Waals surface area contributed by atoms with Gasteiger partial charge in [0.15, 0.2) is 5.78 Å². The van der Waals surface area contributed by atoms with Gasteiger partial charge in [0.1, 0.15) is 0 Å². The Bertz CT molecular complexity index is 447. The van der Waals surface area contributed by atoms with Gasteiger partial charge in [-0.1, -0.05) is 31.2 Å². The van der Waals surface area contributed by atoms with Crippen LogP contribution in [0.2, 0.25) is 0 Å². The predicted octanol–water partition coefficient (Wildman–Crippen LogP) is 3.57. The molecule has 1 aliphatic heterocycles. The van der Waals surface area contributed by atoms with Crippen LogP contribution in [0.3, 0.4) is 0 Å². The standard InChI is InChI=1S/C17H25NO2/c1-3-15-7-9-16(10-8-15)17(19)14(2)13-18(20)11-5-4-6-12-18/h7-10,14H,3-6,11-13H2,1-2H3. The molecule has 1 aromatic carbocycles. The Morgan fingerprint density at radius 1 is 1.20 bits per heavy atom. The van der Waals surface area contributed by atoms with Gasteiger partial charge in [-0.05, 0) is 38.2 Å². The van der Waals surface area contributed by atoms with Crippen molar-refractivity contribution in [3.05, 3.63) is 40.6 Å². The van der Waals surface area contributed by atoms with E-state index >= 15 is 0 Å². The summed E-state index contributed by atoms with van der Waals surface area (Å²) in [5, 5.41) is 12.6. The quantitative estimate of drug-likeness (QED) is 0.468. The fourth-order valence-corrected chi connectivity index (χ4v) is 3.04. The van der Waals surface area contributed by atoms with Crippen LogP contribution >= 0.6 is 0 Å². The molecule has 1 aliphatic rings. The number of aryl methyl sites for hydroxylation is 1. The first-order valence-electron chi connectivity index (χ1n) is 7.74. The minimum Gasteiger partial charge on any atom is -0.633 e. The number of hydrogen-bond donors (Lipinski definition) is 0. The molecule has 0 aromatic heterocycles. The summed E-state index contributed by atoms with van der Waals surface area (Å²) in [6.07, 6.45) is 4.12. The van der Waals surface area contributed by atoms with E-state index in [9.17, 15) is 10.0 Å². The molecule has 110 valence electrons. The molecular weight excluding hydrogens is 250 g/mol. The van der Waals surface area contributed by atoms with Gasteiger partial charge < -0.3 is 9.85 Å². The lowest BCUT2D eigenvalue weighted by atomic mass is 9.96. The zero-order valence-corrected chi connectivity index (χ0v) is 12.6. The Labute approximate surface area is 121 Å². The lowest BCUT2D eigenvalue weighted by molar-refractivity contribution is -0.887. The fraction of sp³-hybridized carbons (Fsp3) is 0.588. The van der Waals surface area contributed by atoms with Gasteiger partial charge in [-0.2, -0.15) is 0 Å². The molecule has 1 saturated heterocycles. The third-order valence-corrected chi connectivity index (χ3v) is 4.33. The van der Waals surface area contributed by atoms with Crippen molar-refractivity contribution in [1.82, 2.24) is 0 Å². The second-order valence-corrected chi connectivity index (χ2v) is 6.06. The monoisotopic (exact) mass is 275 g/mol. The Balaban J connectivity index is 2.00. The molecule has 0 saturated carbocycles. The Morgan fingerprint density at radius 3 is 2.35 bits per heavy atom. The highest BCUT2D eigenvalue weighted by molar-refractivity contribution is 5.97. The number of quaternary nitrogens is 1. The van der Waals surface area contributed by atoms with Gasteiger partial charge in [0.2, 0.25) is 0 Å². The number of carbonyl (C=O) groups excluding carboxylic acids is 1. The van der Waals surface area contributed by atoms with Crippen LogP contribution in [0, 0.1) is 11.1 Å². The van der Waals surface area contributed by atoms with Gasteiger partial charge in [-0.25, -0.2) is 0 Å². The number of Topliss-reactive ketones (excluding diaryl/α,β-unsaturated/α-hetero) is 1. The van der Waals surface area contributed by atoms with Crippen molar-refractivity contribution in [2.75, 3.05) is 19.6 Å². The van der Waals surface area contributed by atoms with E-state index in [4.69, 9.17) is 0 Å². The molecule has 1 aromatic rings. The van der Waals surface area contributed by atoms with E-state index in [-0.39, 0.29) is 16.3 Å². The number of piperidine rings is 1. The van der Waals surface area contributed by atoms with Crippen LogP contribution in [0.4, 0.5) is 0 Å². The molecule has 0 spiro atoms. The van der Waals surface area contributed by atoms with Crippen LogP contribution in [0.15, 0.2) is 24.3 Å². The van der Waals surface area contributed by atoms with Crippen molar-refractivity contribution in [2.24, 2.45) is 5.92 Å². The van der Waals surface area contributed by atoms with Crippen LogP contribution in [0.5, 0.6) is 0 Å². The van der Waals surface area contributed by atoms with Gasteiger partial charge >= 0.3 is 0 Å². The Morgan fingerprint density at radius 2 is 1.80 bits per heavy atom. The van der Waals surface area contributed by atoms with Crippen molar-refractivity contribution in [1.29, 1.82) is 0 Å². The number of hydrogen-bond acceptors (Lipinski definition) is 2. The van der Waals surface area contributed by atoms with E-state index in [1.807, 2.05) is 31.2 Å². The molecule has 2 rings (SSSR count). The molecule has 0 bridgehead atoms. The molecule has 0 radical (unpaired) electrons. The fourth-order valence-electron chi connectivity index (χ4n) is 3.04. The normalized spacial score (nSPS) is 19.6. The highest BCUT2D eigenvalue weighted by atomic mass is 16.5. The number of rotatable bonds is 5.